The Hall–Kier alpha value is -2.90. The van der Waals surface area contributed by atoms with Crippen molar-refractivity contribution in [3.05, 3.63) is 29.2 Å². The van der Waals surface area contributed by atoms with Crippen LogP contribution in [-0.2, 0) is 18.4 Å². The molecule has 2 aromatic rings. The number of aromatic nitrogens is 4. The number of nitrogens with zero attached hydrogens (tertiary/aromatic N) is 5. The van der Waals surface area contributed by atoms with Crippen molar-refractivity contribution < 1.29 is 22.4 Å². The maximum Gasteiger partial charge on any atom is 0.282 e. The van der Waals surface area contributed by atoms with E-state index in [1.807, 2.05) is 0 Å². The van der Waals surface area contributed by atoms with Gasteiger partial charge in [0.05, 0.1) is 6.20 Å². The molecule has 2 rings (SSSR count). The quantitative estimate of drug-likeness (QED) is 0.849. The normalized spacial score (nSPS) is 11.0. The van der Waals surface area contributed by atoms with Crippen molar-refractivity contribution in [2.24, 2.45) is 7.05 Å². The molecule has 0 fully saturated rings. The van der Waals surface area contributed by atoms with Gasteiger partial charge in [-0.15, -0.1) is 0 Å². The molecule has 0 unspecified atom stereocenters. The van der Waals surface area contributed by atoms with E-state index in [1.54, 1.807) is 6.07 Å². The largest absolute Gasteiger partial charge is 0.308 e. The molecule has 0 atom stereocenters. The highest BCUT2D eigenvalue weighted by Gasteiger charge is 2.23. The van der Waals surface area contributed by atoms with Gasteiger partial charge in [0.2, 0.25) is 5.91 Å². The second-order valence-electron chi connectivity index (χ2n) is 4.44. The number of amides is 1. The zero-order chi connectivity index (χ0) is 17.1. The second kappa shape index (κ2) is 6.47. The third kappa shape index (κ3) is 3.47. The van der Waals surface area contributed by atoms with E-state index in [1.165, 1.54) is 17.9 Å². The molecule has 0 spiro atoms. The van der Waals surface area contributed by atoms with Gasteiger partial charge in [-0.3, -0.25) is 14.2 Å². The Morgan fingerprint density at radius 1 is 1.39 bits per heavy atom. The predicted molar refractivity (Wildman–Crippen MR) is 68.7 cm³/mol. The molecule has 1 N–H and O–H groups in total. The molecule has 0 saturated heterocycles. The lowest BCUT2D eigenvalue weighted by Crippen LogP contribution is -2.22. The molecule has 7 nitrogen and oxygen atoms in total. The van der Waals surface area contributed by atoms with Crippen LogP contribution >= 0.6 is 0 Å². The molecule has 1 amide bonds. The number of halogens is 4. The van der Waals surface area contributed by atoms with E-state index in [9.17, 15) is 22.4 Å². The number of hydrogen-bond donors (Lipinski definition) is 1. The molecular weight excluding hydrogens is 320 g/mol. The number of carbonyl (C=O) groups excluding carboxylic acids is 1. The van der Waals surface area contributed by atoms with E-state index in [-0.39, 0.29) is 11.4 Å². The zero-order valence-corrected chi connectivity index (χ0v) is 11.7. The molecule has 0 saturated carbocycles. The number of carbonyl (C=O) groups is 1. The van der Waals surface area contributed by atoms with Gasteiger partial charge in [0.1, 0.15) is 35.4 Å². The highest BCUT2D eigenvalue weighted by atomic mass is 19.3. The minimum atomic E-state index is -3.06. The number of alkyl halides is 4. The van der Waals surface area contributed by atoms with E-state index < -0.39 is 36.7 Å². The molecule has 0 aliphatic heterocycles. The van der Waals surface area contributed by atoms with Gasteiger partial charge in [-0.05, 0) is 6.07 Å². The van der Waals surface area contributed by atoms with Crippen LogP contribution in [0.1, 0.15) is 29.8 Å². The van der Waals surface area contributed by atoms with Gasteiger partial charge in [-0.2, -0.15) is 15.5 Å². The van der Waals surface area contributed by atoms with Gasteiger partial charge >= 0.3 is 0 Å². The van der Waals surface area contributed by atoms with Crippen LogP contribution in [0.5, 0.6) is 0 Å². The van der Waals surface area contributed by atoms with Gasteiger partial charge in [0.25, 0.3) is 12.9 Å². The van der Waals surface area contributed by atoms with Crippen molar-refractivity contribution in [1.82, 2.24) is 19.6 Å². The molecular formula is C12H10F4N6O. The topological polar surface area (TPSA) is 88.5 Å². The first kappa shape index (κ1) is 16.5. The molecule has 11 heteroatoms. The third-order valence-electron chi connectivity index (χ3n) is 2.89. The van der Waals surface area contributed by atoms with Crippen LogP contribution in [0.3, 0.4) is 0 Å². The number of nitriles is 1. The molecule has 122 valence electrons. The Balaban J connectivity index is 2.20. The summed E-state index contributed by atoms with van der Waals surface area (Å²) in [5.74, 6) is -0.742. The Labute approximate surface area is 127 Å². The van der Waals surface area contributed by atoms with Crippen molar-refractivity contribution in [2.45, 2.75) is 19.4 Å². The fourth-order valence-electron chi connectivity index (χ4n) is 1.84. The summed E-state index contributed by atoms with van der Waals surface area (Å²) in [5, 5.41) is 18.2. The first-order valence-corrected chi connectivity index (χ1v) is 6.19. The maximum atomic E-state index is 12.8. The van der Waals surface area contributed by atoms with Crippen molar-refractivity contribution in [2.75, 3.05) is 5.32 Å². The number of aryl methyl sites for hydroxylation is 1. The van der Waals surface area contributed by atoms with Crippen molar-refractivity contribution in [3.8, 4) is 6.07 Å². The molecule has 23 heavy (non-hydrogen) atoms. The lowest BCUT2D eigenvalue weighted by Gasteiger charge is -2.08. The van der Waals surface area contributed by atoms with Crippen molar-refractivity contribution in [1.29, 1.82) is 5.26 Å². The number of anilines is 1. The second-order valence-corrected chi connectivity index (χ2v) is 4.44. The Kier molecular flexibility index (Phi) is 4.63. The van der Waals surface area contributed by atoms with E-state index in [0.29, 0.717) is 10.7 Å². The lowest BCUT2D eigenvalue weighted by atomic mass is 10.3. The molecule has 2 aromatic heterocycles. The summed E-state index contributed by atoms with van der Waals surface area (Å²) in [6.07, 6.45) is -4.88. The molecule has 0 aliphatic carbocycles. The summed E-state index contributed by atoms with van der Waals surface area (Å²) in [6.45, 7) is -0.706. The lowest BCUT2D eigenvalue weighted by molar-refractivity contribution is -0.117. The van der Waals surface area contributed by atoms with Crippen LogP contribution in [0.15, 0.2) is 12.3 Å². The van der Waals surface area contributed by atoms with Crippen LogP contribution in [0.2, 0.25) is 0 Å². The highest BCUT2D eigenvalue weighted by molar-refractivity contribution is 5.90. The summed E-state index contributed by atoms with van der Waals surface area (Å²) in [7, 11) is 1.46. The molecule has 0 radical (unpaired) electrons. The SMILES string of the molecule is Cn1ncc(C#N)c1NC(=O)Cn1nc(C(F)F)cc1C(F)F. The van der Waals surface area contributed by atoms with Gasteiger partial charge in [-0.25, -0.2) is 17.6 Å². The molecule has 2 heterocycles. The minimum absolute atomic E-state index is 0.0670. The minimum Gasteiger partial charge on any atom is -0.308 e. The Bertz CT molecular complexity index is 760. The van der Waals surface area contributed by atoms with Gasteiger partial charge in [0, 0.05) is 7.05 Å². The fourth-order valence-corrected chi connectivity index (χ4v) is 1.84. The summed E-state index contributed by atoms with van der Waals surface area (Å²) < 4.78 is 52.4. The van der Waals surface area contributed by atoms with E-state index in [2.05, 4.69) is 15.5 Å². The Morgan fingerprint density at radius 3 is 2.65 bits per heavy atom. The van der Waals surface area contributed by atoms with E-state index >= 15 is 0 Å². The summed E-state index contributed by atoms with van der Waals surface area (Å²) in [4.78, 5) is 11.9. The molecule has 0 aliphatic rings. The van der Waals surface area contributed by atoms with E-state index in [0.717, 1.165) is 0 Å². The average molecular weight is 330 g/mol. The number of nitrogens with one attached hydrogen (secondary N) is 1. The maximum absolute atomic E-state index is 12.8. The summed E-state index contributed by atoms with van der Waals surface area (Å²) >= 11 is 0. The summed E-state index contributed by atoms with van der Waals surface area (Å²) in [6, 6.07) is 2.34. The molecule has 0 aromatic carbocycles. The first-order valence-electron chi connectivity index (χ1n) is 6.19. The van der Waals surface area contributed by atoms with Crippen LogP contribution in [0, 0.1) is 11.3 Å². The Morgan fingerprint density at radius 2 is 2.09 bits per heavy atom. The van der Waals surface area contributed by atoms with Crippen molar-refractivity contribution in [3.63, 3.8) is 0 Å². The monoisotopic (exact) mass is 330 g/mol. The van der Waals surface area contributed by atoms with Crippen LogP contribution in [-0.4, -0.2) is 25.5 Å². The van der Waals surface area contributed by atoms with E-state index in [4.69, 9.17) is 5.26 Å². The number of rotatable bonds is 5. The first-order chi connectivity index (χ1) is 10.8. The number of hydrogen-bond acceptors (Lipinski definition) is 4. The van der Waals surface area contributed by atoms with Crippen LogP contribution in [0.25, 0.3) is 0 Å². The molecule has 0 bridgehead atoms. The van der Waals surface area contributed by atoms with Gasteiger partial charge in [-0.1, -0.05) is 0 Å². The average Bonchev–Trinajstić information content (AvgIpc) is 3.04. The predicted octanol–water partition coefficient (Wildman–Crippen LogP) is 2.00. The van der Waals surface area contributed by atoms with Crippen LogP contribution < -0.4 is 5.32 Å². The van der Waals surface area contributed by atoms with Crippen LogP contribution in [0.4, 0.5) is 23.4 Å². The zero-order valence-electron chi connectivity index (χ0n) is 11.7. The highest BCUT2D eigenvalue weighted by Crippen LogP contribution is 2.25. The van der Waals surface area contributed by atoms with Gasteiger partial charge in [0.15, 0.2) is 0 Å². The summed E-state index contributed by atoms with van der Waals surface area (Å²) in [5.41, 5.74) is -1.56. The standard InChI is InChI=1S/C12H10F4N6O/c1-21-12(6(3-17)4-18-21)19-9(23)5-22-8(11(15)16)2-7(20-22)10(13)14/h2,4,10-11H,5H2,1H3,(H,19,23). The smallest absolute Gasteiger partial charge is 0.282 e. The van der Waals surface area contributed by atoms with Crippen molar-refractivity contribution >= 4 is 11.7 Å². The van der Waals surface area contributed by atoms with Gasteiger partial charge < -0.3 is 5.32 Å². The fraction of sp³-hybridized carbons (Fsp3) is 0.333. The third-order valence-corrected chi connectivity index (χ3v) is 2.89.